The van der Waals surface area contributed by atoms with Gasteiger partial charge in [0.05, 0.1) is 40.3 Å². The van der Waals surface area contributed by atoms with Crippen LogP contribution in [0.2, 0.25) is 0 Å². The largest absolute Gasteiger partial charge is 0.545 e. The Labute approximate surface area is 570 Å². The molecule has 0 rings (SSSR count). The number of quaternary nitrogens is 1. The van der Waals surface area contributed by atoms with Crippen LogP contribution in [-0.2, 0) is 33.3 Å². The number of carbonyl (C=O) groups is 3. The van der Waals surface area contributed by atoms with Crippen LogP contribution in [0.25, 0.3) is 0 Å². The van der Waals surface area contributed by atoms with Crippen LogP contribution in [-0.4, -0.2) is 82.3 Å². The second-order valence-electron chi connectivity index (χ2n) is 25.1. The van der Waals surface area contributed by atoms with Gasteiger partial charge in [-0.15, -0.1) is 0 Å². The highest BCUT2D eigenvalue weighted by Gasteiger charge is 2.22. The SMILES string of the molecule is CC/C=C\C/C=C\C/C=C\C/C=C\C/C=C\C/C=C\C/C=C\C/C=C\C/C=C\CCCC(=O)OC(COC(=O)CCCCCCCCCCCCCCCCCCCCCC/C=C\C/C=C\C/C=C\C/C=C\C/C=C\C/C=C\CC)COC(OCC[N+](C)(C)C)C(=O)[O-]. The molecule has 0 aliphatic heterocycles. The van der Waals surface area contributed by atoms with Gasteiger partial charge in [0.1, 0.15) is 13.2 Å². The minimum absolute atomic E-state index is 0.128. The fraction of sp³-hybridized carbons (Fsp3) is 0.607. The summed E-state index contributed by atoms with van der Waals surface area (Å²) in [5.74, 6) is -2.37. The second kappa shape index (κ2) is 72.2. The molecule has 0 spiro atoms. The molecule has 0 aromatic carbocycles. The third-order valence-corrected chi connectivity index (χ3v) is 15.1. The Morgan fingerprint density at radius 1 is 0.323 bits per heavy atom. The van der Waals surface area contributed by atoms with Crippen molar-refractivity contribution in [2.75, 3.05) is 47.5 Å². The molecule has 9 heteroatoms. The van der Waals surface area contributed by atoms with Gasteiger partial charge in [-0.05, 0) is 128 Å². The smallest absolute Gasteiger partial charge is 0.306 e. The molecule has 0 aliphatic rings. The standard InChI is InChI=1S/C84H135NO8/c1-6-8-10-12-14-16-18-20-22-24-26-28-30-32-34-36-37-38-39-40-41-42-43-44-45-47-48-50-52-54-56-58-60-62-64-66-68-70-72-74-81(86)91-78-80(79-92-84(83(88)89)90-77-76-85(3,4)5)93-82(87)75-73-71-69-67-65-63-61-59-57-55-53-51-49-46-35-33-31-29-27-25-23-21-19-17-15-13-11-9-7-2/h8-11,14-17,20-23,26-29,32-35,37-38,49,51,55,57,61,63,67,69,80,84H,6-7,12-13,18-19,24-25,30-31,36,39-48,50,52-54,56,58-60,62,64-66,68,70-79H2,1-5H3/b10-8-,11-9-,16-14-,17-15-,22-20-,23-21-,28-26-,29-27-,34-32-,35-33-,38-37-,51-49-,57-55-,63-61-,69-67-. The van der Waals surface area contributed by atoms with E-state index in [4.69, 9.17) is 18.9 Å². The molecular weight excluding hydrogens is 1150 g/mol. The van der Waals surface area contributed by atoms with E-state index in [-0.39, 0.29) is 38.6 Å². The highest BCUT2D eigenvalue weighted by molar-refractivity contribution is 5.70. The number of carboxylic acids is 1. The van der Waals surface area contributed by atoms with Gasteiger partial charge in [-0.3, -0.25) is 9.59 Å². The zero-order valence-electron chi connectivity index (χ0n) is 59.8. The third-order valence-electron chi connectivity index (χ3n) is 15.1. The normalized spacial score (nSPS) is 13.8. The van der Waals surface area contributed by atoms with E-state index in [1.165, 1.54) is 116 Å². The molecule has 0 saturated carbocycles. The van der Waals surface area contributed by atoms with E-state index in [0.29, 0.717) is 23.9 Å². The van der Waals surface area contributed by atoms with Crippen LogP contribution in [0.4, 0.5) is 0 Å². The summed E-state index contributed by atoms with van der Waals surface area (Å²) in [6.07, 6.45) is 107. The fourth-order valence-corrected chi connectivity index (χ4v) is 9.60. The lowest BCUT2D eigenvalue weighted by molar-refractivity contribution is -0.870. The molecule has 0 aromatic heterocycles. The lowest BCUT2D eigenvalue weighted by Crippen LogP contribution is -2.44. The molecule has 93 heavy (non-hydrogen) atoms. The van der Waals surface area contributed by atoms with Crippen molar-refractivity contribution in [2.24, 2.45) is 0 Å². The molecule has 0 fully saturated rings. The summed E-state index contributed by atoms with van der Waals surface area (Å²) >= 11 is 0. The van der Waals surface area contributed by atoms with Crippen LogP contribution >= 0.6 is 0 Å². The van der Waals surface area contributed by atoms with Gasteiger partial charge in [-0.25, -0.2) is 0 Å². The van der Waals surface area contributed by atoms with Crippen LogP contribution < -0.4 is 5.11 Å². The maximum atomic E-state index is 12.9. The van der Waals surface area contributed by atoms with Crippen molar-refractivity contribution in [3.8, 4) is 0 Å². The van der Waals surface area contributed by atoms with Crippen molar-refractivity contribution in [3.05, 3.63) is 182 Å². The van der Waals surface area contributed by atoms with Crippen molar-refractivity contribution >= 4 is 17.9 Å². The van der Waals surface area contributed by atoms with E-state index < -0.39 is 24.3 Å². The van der Waals surface area contributed by atoms with E-state index in [2.05, 4.69) is 196 Å². The zero-order valence-corrected chi connectivity index (χ0v) is 59.8. The summed E-state index contributed by atoms with van der Waals surface area (Å²) in [5, 5.41) is 11.8. The number of hydrogen-bond acceptors (Lipinski definition) is 8. The number of aliphatic carboxylic acids is 1. The summed E-state index contributed by atoms with van der Waals surface area (Å²) in [6.45, 7) is 4.45. The van der Waals surface area contributed by atoms with Gasteiger partial charge in [-0.1, -0.05) is 312 Å². The quantitative estimate of drug-likeness (QED) is 0.0195. The first-order chi connectivity index (χ1) is 45.6. The minimum Gasteiger partial charge on any atom is -0.545 e. The molecular formula is C84H135NO8. The van der Waals surface area contributed by atoms with Crippen LogP contribution in [0.1, 0.15) is 271 Å². The molecule has 0 bridgehead atoms. The molecule has 0 aliphatic carbocycles. The van der Waals surface area contributed by atoms with E-state index in [9.17, 15) is 19.5 Å². The highest BCUT2D eigenvalue weighted by Crippen LogP contribution is 2.17. The van der Waals surface area contributed by atoms with Gasteiger partial charge in [0, 0.05) is 12.8 Å². The van der Waals surface area contributed by atoms with Crippen molar-refractivity contribution in [3.63, 3.8) is 0 Å². The number of nitrogens with zero attached hydrogens (tertiary/aromatic N) is 1. The molecule has 0 aromatic rings. The van der Waals surface area contributed by atoms with Crippen LogP contribution in [0, 0.1) is 0 Å². The van der Waals surface area contributed by atoms with Gasteiger partial charge >= 0.3 is 11.9 Å². The maximum absolute atomic E-state index is 12.9. The lowest BCUT2D eigenvalue weighted by Gasteiger charge is -2.26. The van der Waals surface area contributed by atoms with Crippen molar-refractivity contribution in [1.29, 1.82) is 0 Å². The maximum Gasteiger partial charge on any atom is 0.306 e. The van der Waals surface area contributed by atoms with E-state index in [0.717, 1.165) is 116 Å². The second-order valence-corrected chi connectivity index (χ2v) is 25.1. The number of likely N-dealkylation sites (N-methyl/N-ethyl adjacent to an activating group) is 1. The molecule has 2 unspecified atom stereocenters. The summed E-state index contributed by atoms with van der Waals surface area (Å²) < 4.78 is 22.7. The molecule has 9 nitrogen and oxygen atoms in total. The topological polar surface area (TPSA) is 111 Å². The Balaban J connectivity index is 4.16. The molecule has 0 saturated heterocycles. The molecule has 0 heterocycles. The average Bonchev–Trinajstić information content (AvgIpc) is 3.74. The number of hydrogen-bond donors (Lipinski definition) is 0. The van der Waals surface area contributed by atoms with E-state index in [1.54, 1.807) is 0 Å². The van der Waals surface area contributed by atoms with Crippen molar-refractivity contribution in [2.45, 2.75) is 283 Å². The lowest BCUT2D eigenvalue weighted by atomic mass is 10.0. The number of ether oxygens (including phenoxy) is 4. The van der Waals surface area contributed by atoms with Crippen LogP contribution in [0.15, 0.2) is 182 Å². The number of allylic oxidation sites excluding steroid dienone is 30. The van der Waals surface area contributed by atoms with Gasteiger partial charge in [0.15, 0.2) is 12.4 Å². The van der Waals surface area contributed by atoms with E-state index >= 15 is 0 Å². The Morgan fingerprint density at radius 3 is 0.892 bits per heavy atom. The number of carbonyl (C=O) groups excluding carboxylic acids is 3. The van der Waals surface area contributed by atoms with Crippen molar-refractivity contribution in [1.82, 2.24) is 0 Å². The first-order valence-corrected chi connectivity index (χ1v) is 36.9. The third kappa shape index (κ3) is 73.7. The van der Waals surface area contributed by atoms with E-state index in [1.807, 2.05) is 21.1 Å². The molecule has 0 N–H and O–H groups in total. The minimum atomic E-state index is -1.65. The Hall–Kier alpha value is -5.61. The Bertz CT molecular complexity index is 2190. The first-order valence-electron chi connectivity index (χ1n) is 36.9. The number of esters is 2. The van der Waals surface area contributed by atoms with Gasteiger partial charge in [0.2, 0.25) is 0 Å². The van der Waals surface area contributed by atoms with Gasteiger partial charge in [-0.2, -0.15) is 0 Å². The summed E-state index contributed by atoms with van der Waals surface area (Å²) in [7, 11) is 5.90. The Morgan fingerprint density at radius 2 is 0.591 bits per heavy atom. The molecule has 0 amide bonds. The monoisotopic (exact) mass is 1290 g/mol. The first kappa shape index (κ1) is 87.4. The average molecular weight is 1290 g/mol. The summed E-state index contributed by atoms with van der Waals surface area (Å²) in [6, 6.07) is 0. The van der Waals surface area contributed by atoms with Gasteiger partial charge < -0.3 is 33.3 Å². The predicted octanol–water partition coefficient (Wildman–Crippen LogP) is 22.2. The number of rotatable bonds is 66. The molecule has 524 valence electrons. The van der Waals surface area contributed by atoms with Crippen molar-refractivity contribution < 1.29 is 42.9 Å². The van der Waals surface area contributed by atoms with Crippen LogP contribution in [0.3, 0.4) is 0 Å². The fourth-order valence-electron chi connectivity index (χ4n) is 9.60. The predicted molar refractivity (Wildman–Crippen MR) is 398 cm³/mol. The molecule has 2 atom stereocenters. The highest BCUT2D eigenvalue weighted by atomic mass is 16.7. The summed E-state index contributed by atoms with van der Waals surface area (Å²) in [4.78, 5) is 37.5. The number of unbranched alkanes of at least 4 members (excludes halogenated alkanes) is 21. The molecule has 0 radical (unpaired) electrons. The van der Waals surface area contributed by atoms with Crippen LogP contribution in [0.5, 0.6) is 0 Å². The number of carboxylic acid groups (broad SMARTS) is 1. The zero-order chi connectivity index (χ0) is 67.5. The summed E-state index contributed by atoms with van der Waals surface area (Å²) in [5.41, 5.74) is 0. The Kier molecular flexibility index (Phi) is 67.9. The van der Waals surface area contributed by atoms with Gasteiger partial charge in [0.25, 0.3) is 0 Å².